The Kier molecular flexibility index (Phi) is 3.57. The van der Waals surface area contributed by atoms with E-state index in [9.17, 15) is 4.79 Å². The van der Waals surface area contributed by atoms with Gasteiger partial charge in [-0.3, -0.25) is 5.32 Å². The fourth-order valence-corrected chi connectivity index (χ4v) is 2.44. The summed E-state index contributed by atoms with van der Waals surface area (Å²) >= 11 is 0. The summed E-state index contributed by atoms with van der Waals surface area (Å²) in [5.41, 5.74) is 6.77. The second kappa shape index (κ2) is 5.53. The lowest BCUT2D eigenvalue weighted by molar-refractivity contribution is 0.208. The normalized spacial score (nSPS) is 21.5. The van der Waals surface area contributed by atoms with Gasteiger partial charge in [0.1, 0.15) is 0 Å². The summed E-state index contributed by atoms with van der Waals surface area (Å²) in [5.74, 6) is 0.427. The van der Waals surface area contributed by atoms with Crippen LogP contribution in [0.15, 0.2) is 36.5 Å². The molecule has 0 radical (unpaired) electrons. The van der Waals surface area contributed by atoms with E-state index in [1.165, 1.54) is 11.0 Å². The lowest BCUT2D eigenvalue weighted by Gasteiger charge is -2.22. The summed E-state index contributed by atoms with van der Waals surface area (Å²) in [5, 5.41) is 11.2. The van der Waals surface area contributed by atoms with Gasteiger partial charge in [-0.15, -0.1) is 9.90 Å². The molecule has 0 unspecified atom stereocenters. The first-order valence-electron chi connectivity index (χ1n) is 6.96. The van der Waals surface area contributed by atoms with Crippen LogP contribution in [0.3, 0.4) is 0 Å². The van der Waals surface area contributed by atoms with Gasteiger partial charge in [-0.1, -0.05) is 18.2 Å². The Bertz CT molecular complexity index is 625. The zero-order valence-corrected chi connectivity index (χ0v) is 11.8. The molecule has 0 saturated carbocycles. The smallest absolute Gasteiger partial charge is 0.323 e. The molecular weight excluding hydrogens is 268 g/mol. The third-order valence-electron chi connectivity index (χ3n) is 3.79. The van der Waals surface area contributed by atoms with Crippen molar-refractivity contribution >= 4 is 11.8 Å². The second-order valence-electron chi connectivity index (χ2n) is 5.17. The monoisotopic (exact) mass is 286 g/mol. The number of aromatic nitrogens is 3. The fourth-order valence-electron chi connectivity index (χ4n) is 2.44. The van der Waals surface area contributed by atoms with Crippen molar-refractivity contribution in [2.75, 3.05) is 11.9 Å². The predicted molar refractivity (Wildman–Crippen MR) is 79.1 cm³/mol. The van der Waals surface area contributed by atoms with Gasteiger partial charge in [-0.25, -0.2) is 4.79 Å². The molecule has 3 N–H and O–H groups in total. The van der Waals surface area contributed by atoms with E-state index in [0.29, 0.717) is 12.4 Å². The molecule has 7 heteroatoms. The van der Waals surface area contributed by atoms with Crippen LogP contribution in [0.25, 0.3) is 5.69 Å². The van der Waals surface area contributed by atoms with Gasteiger partial charge in [0.2, 0.25) is 0 Å². The zero-order chi connectivity index (χ0) is 14.8. The van der Waals surface area contributed by atoms with Crippen LogP contribution in [-0.4, -0.2) is 44.6 Å². The van der Waals surface area contributed by atoms with Gasteiger partial charge in [0.15, 0.2) is 5.82 Å². The molecule has 1 saturated heterocycles. The number of hydrogen-bond donors (Lipinski definition) is 2. The molecule has 3 rings (SSSR count). The summed E-state index contributed by atoms with van der Waals surface area (Å²) in [6, 6.07) is 9.42. The number of nitrogens with one attached hydrogen (secondary N) is 1. The first-order chi connectivity index (χ1) is 10.1. The predicted octanol–water partition coefficient (Wildman–Crippen LogP) is 1.22. The van der Waals surface area contributed by atoms with Crippen molar-refractivity contribution in [1.82, 2.24) is 19.9 Å². The number of amides is 2. The number of urea groups is 1. The Hall–Kier alpha value is -2.41. The summed E-state index contributed by atoms with van der Waals surface area (Å²) in [6.45, 7) is 2.62. The fraction of sp³-hybridized carbons (Fsp3) is 0.357. The van der Waals surface area contributed by atoms with Crippen molar-refractivity contribution in [1.29, 1.82) is 0 Å². The lowest BCUT2D eigenvalue weighted by atomic mass is 10.2. The average Bonchev–Trinajstić information content (AvgIpc) is 3.08. The summed E-state index contributed by atoms with van der Waals surface area (Å²) in [7, 11) is 0. The molecule has 1 aromatic heterocycles. The average molecular weight is 286 g/mol. The molecule has 2 aromatic rings. The van der Waals surface area contributed by atoms with Gasteiger partial charge in [0.25, 0.3) is 0 Å². The van der Waals surface area contributed by atoms with E-state index >= 15 is 0 Å². The highest BCUT2D eigenvalue weighted by atomic mass is 16.2. The third-order valence-corrected chi connectivity index (χ3v) is 3.79. The van der Waals surface area contributed by atoms with Crippen LogP contribution in [0.5, 0.6) is 0 Å². The standard InChI is InChI=1S/C14H18N6O/c1-10-12(15)7-8-19(10)14(21)17-13-9-16-20(18-13)11-5-3-2-4-6-11/h2-6,9-10,12H,7-8,15H2,1H3,(H,17,18,21)/t10-,12-/m0/s1. The number of likely N-dealkylation sites (tertiary alicyclic amines) is 1. The number of nitrogens with zero attached hydrogens (tertiary/aromatic N) is 4. The maximum absolute atomic E-state index is 12.2. The van der Waals surface area contributed by atoms with E-state index in [1.54, 1.807) is 4.90 Å². The SMILES string of the molecule is C[C@H]1[C@@H](N)CCN1C(=O)Nc1cnn(-c2ccccc2)n1. The molecule has 7 nitrogen and oxygen atoms in total. The lowest BCUT2D eigenvalue weighted by Crippen LogP contribution is -2.42. The van der Waals surface area contributed by atoms with Crippen molar-refractivity contribution in [3.05, 3.63) is 36.5 Å². The highest BCUT2D eigenvalue weighted by Crippen LogP contribution is 2.17. The molecule has 1 aliphatic rings. The van der Waals surface area contributed by atoms with Gasteiger partial charge >= 0.3 is 6.03 Å². The van der Waals surface area contributed by atoms with E-state index in [0.717, 1.165) is 12.1 Å². The Morgan fingerprint density at radius 1 is 1.38 bits per heavy atom. The van der Waals surface area contributed by atoms with E-state index in [4.69, 9.17) is 5.73 Å². The molecule has 2 heterocycles. The number of rotatable bonds is 2. The molecule has 1 aliphatic heterocycles. The summed E-state index contributed by atoms with van der Waals surface area (Å²) in [4.78, 5) is 15.4. The van der Waals surface area contributed by atoms with E-state index < -0.39 is 0 Å². The number of anilines is 1. The Balaban J connectivity index is 1.69. The number of carbonyl (C=O) groups is 1. The molecular formula is C14H18N6O. The van der Waals surface area contributed by atoms with Crippen LogP contribution >= 0.6 is 0 Å². The molecule has 21 heavy (non-hydrogen) atoms. The van der Waals surface area contributed by atoms with Gasteiger partial charge in [0, 0.05) is 18.6 Å². The van der Waals surface area contributed by atoms with Crippen LogP contribution in [0, 0.1) is 0 Å². The number of nitrogens with two attached hydrogens (primary N) is 1. The minimum absolute atomic E-state index is 0.0363. The highest BCUT2D eigenvalue weighted by molar-refractivity contribution is 5.88. The third kappa shape index (κ3) is 2.73. The minimum Gasteiger partial charge on any atom is -0.326 e. The van der Waals surface area contributed by atoms with Gasteiger partial charge in [0.05, 0.1) is 11.9 Å². The van der Waals surface area contributed by atoms with Crippen molar-refractivity contribution < 1.29 is 4.79 Å². The molecule has 0 spiro atoms. The minimum atomic E-state index is -0.185. The highest BCUT2D eigenvalue weighted by Gasteiger charge is 2.31. The van der Waals surface area contributed by atoms with Gasteiger partial charge in [-0.05, 0) is 25.5 Å². The molecule has 1 fully saturated rings. The van der Waals surface area contributed by atoms with Crippen LogP contribution in [0.4, 0.5) is 10.6 Å². The number of para-hydroxylation sites is 1. The molecule has 0 bridgehead atoms. The Morgan fingerprint density at radius 3 is 2.81 bits per heavy atom. The van der Waals surface area contributed by atoms with Crippen LogP contribution in [0.1, 0.15) is 13.3 Å². The van der Waals surface area contributed by atoms with Crippen LogP contribution in [0.2, 0.25) is 0 Å². The molecule has 2 atom stereocenters. The Labute approximate surface area is 122 Å². The first kappa shape index (κ1) is 13.6. The van der Waals surface area contributed by atoms with E-state index in [1.807, 2.05) is 37.3 Å². The van der Waals surface area contributed by atoms with Crippen LogP contribution < -0.4 is 11.1 Å². The topological polar surface area (TPSA) is 89.1 Å². The van der Waals surface area contributed by atoms with Crippen LogP contribution in [-0.2, 0) is 0 Å². The number of benzene rings is 1. The van der Waals surface area contributed by atoms with Crippen molar-refractivity contribution in [3.63, 3.8) is 0 Å². The van der Waals surface area contributed by atoms with E-state index in [-0.39, 0.29) is 18.1 Å². The summed E-state index contributed by atoms with van der Waals surface area (Å²) < 4.78 is 0. The van der Waals surface area contributed by atoms with Crippen molar-refractivity contribution in [2.45, 2.75) is 25.4 Å². The molecule has 1 aromatic carbocycles. The quantitative estimate of drug-likeness (QED) is 0.868. The second-order valence-corrected chi connectivity index (χ2v) is 5.17. The molecule has 110 valence electrons. The molecule has 2 amide bonds. The maximum Gasteiger partial charge on any atom is 0.323 e. The Morgan fingerprint density at radius 2 is 2.14 bits per heavy atom. The van der Waals surface area contributed by atoms with Crippen molar-refractivity contribution in [3.8, 4) is 5.69 Å². The van der Waals surface area contributed by atoms with Gasteiger partial charge in [-0.2, -0.15) is 5.10 Å². The van der Waals surface area contributed by atoms with Gasteiger partial charge < -0.3 is 10.6 Å². The maximum atomic E-state index is 12.2. The number of carbonyl (C=O) groups excluding carboxylic acids is 1. The molecule has 0 aliphatic carbocycles. The number of hydrogen-bond acceptors (Lipinski definition) is 4. The zero-order valence-electron chi connectivity index (χ0n) is 11.8. The van der Waals surface area contributed by atoms with E-state index in [2.05, 4.69) is 15.5 Å². The largest absolute Gasteiger partial charge is 0.326 e. The summed E-state index contributed by atoms with van der Waals surface area (Å²) in [6.07, 6.45) is 2.36. The first-order valence-corrected chi connectivity index (χ1v) is 6.96. The van der Waals surface area contributed by atoms with Crippen molar-refractivity contribution in [2.24, 2.45) is 5.73 Å².